The van der Waals surface area contributed by atoms with Gasteiger partial charge >= 0.3 is 6.09 Å². The van der Waals surface area contributed by atoms with Gasteiger partial charge in [-0.2, -0.15) is 0 Å². The normalized spacial score (nSPS) is 23.3. The Morgan fingerprint density at radius 1 is 1.08 bits per heavy atom. The number of piperazine rings is 1. The summed E-state index contributed by atoms with van der Waals surface area (Å²) in [7, 11) is 0. The summed E-state index contributed by atoms with van der Waals surface area (Å²) < 4.78 is 17.8. The van der Waals surface area contributed by atoms with Crippen LogP contribution in [-0.4, -0.2) is 96.1 Å². The summed E-state index contributed by atoms with van der Waals surface area (Å²) >= 11 is 0. The Hall–Kier alpha value is -0.920. The zero-order chi connectivity index (χ0) is 17.8. The fourth-order valence-corrected chi connectivity index (χ4v) is 3.30. The predicted octanol–water partition coefficient (Wildman–Crippen LogP) is 1.34. The van der Waals surface area contributed by atoms with Crippen LogP contribution in [0, 0.1) is 0 Å². The van der Waals surface area contributed by atoms with Crippen LogP contribution in [0.3, 0.4) is 0 Å². The second-order valence-corrected chi connectivity index (χ2v) is 8.00. The number of halogens is 1. The lowest BCUT2D eigenvalue weighted by Gasteiger charge is -2.43. The third kappa shape index (κ3) is 5.86. The van der Waals surface area contributed by atoms with Crippen LogP contribution in [0.2, 0.25) is 0 Å². The van der Waals surface area contributed by atoms with E-state index >= 15 is 0 Å². The smallest absolute Gasteiger partial charge is 0.410 e. The minimum absolute atomic E-state index is 0.301. The number of β-amino-alcohol motifs (C(OH)–C–C–N with tert-alkyl or cyclic N) is 1. The number of amides is 1. The van der Waals surface area contributed by atoms with Crippen LogP contribution in [0.4, 0.5) is 9.18 Å². The molecule has 0 radical (unpaired) electrons. The highest BCUT2D eigenvalue weighted by Gasteiger charge is 2.37. The fourth-order valence-electron chi connectivity index (χ4n) is 3.30. The quantitative estimate of drug-likeness (QED) is 0.833. The van der Waals surface area contributed by atoms with Crippen LogP contribution in [0.15, 0.2) is 0 Å². The molecule has 24 heavy (non-hydrogen) atoms. The summed E-state index contributed by atoms with van der Waals surface area (Å²) in [6, 6.07) is 0. The molecule has 2 saturated heterocycles. The van der Waals surface area contributed by atoms with E-state index < -0.39 is 11.2 Å². The van der Waals surface area contributed by atoms with Crippen LogP contribution in [0.25, 0.3) is 0 Å². The molecule has 0 saturated carbocycles. The number of carbonyl (C=O) groups excluding carboxylic acids is 1. The lowest BCUT2D eigenvalue weighted by Crippen LogP contribution is -2.56. The maximum atomic E-state index is 12.4. The van der Waals surface area contributed by atoms with E-state index in [4.69, 9.17) is 4.74 Å². The lowest BCUT2D eigenvalue weighted by atomic mass is 9.90. The Kier molecular flexibility index (Phi) is 6.45. The fraction of sp³-hybridized carbons (Fsp3) is 0.941. The molecule has 2 aliphatic heterocycles. The second-order valence-electron chi connectivity index (χ2n) is 8.00. The van der Waals surface area contributed by atoms with E-state index in [9.17, 15) is 14.3 Å². The summed E-state index contributed by atoms with van der Waals surface area (Å²) in [5.41, 5.74) is -1.25. The van der Waals surface area contributed by atoms with Gasteiger partial charge in [0.05, 0.1) is 5.60 Å². The van der Waals surface area contributed by atoms with Gasteiger partial charge in [0.15, 0.2) is 0 Å². The van der Waals surface area contributed by atoms with Gasteiger partial charge in [-0.05, 0) is 33.6 Å². The molecule has 0 unspecified atom stereocenters. The first kappa shape index (κ1) is 19.4. The number of aliphatic hydroxyl groups is 1. The molecular formula is C17H32FN3O3. The Bertz CT molecular complexity index is 412. The summed E-state index contributed by atoms with van der Waals surface area (Å²) in [6.45, 7) is 10.9. The summed E-state index contributed by atoms with van der Waals surface area (Å²) in [5.74, 6) is 0. The maximum Gasteiger partial charge on any atom is 0.410 e. The number of nitrogens with zero attached hydrogens (tertiary/aromatic N) is 3. The highest BCUT2D eigenvalue weighted by molar-refractivity contribution is 5.68. The molecule has 0 aliphatic carbocycles. The van der Waals surface area contributed by atoms with Gasteiger partial charge in [0.1, 0.15) is 12.3 Å². The maximum absolute atomic E-state index is 12.4. The van der Waals surface area contributed by atoms with Gasteiger partial charge in [-0.3, -0.25) is 9.80 Å². The van der Waals surface area contributed by atoms with Gasteiger partial charge in [0, 0.05) is 52.4 Å². The predicted molar refractivity (Wildman–Crippen MR) is 90.8 cm³/mol. The van der Waals surface area contributed by atoms with Crippen molar-refractivity contribution in [1.82, 2.24) is 14.7 Å². The molecule has 0 aromatic carbocycles. The van der Waals surface area contributed by atoms with Gasteiger partial charge in [-0.1, -0.05) is 0 Å². The minimum atomic E-state index is -0.749. The van der Waals surface area contributed by atoms with Crippen molar-refractivity contribution in [3.8, 4) is 0 Å². The van der Waals surface area contributed by atoms with E-state index in [0.29, 0.717) is 39.0 Å². The molecule has 140 valence electrons. The molecule has 2 aliphatic rings. The van der Waals surface area contributed by atoms with Crippen LogP contribution >= 0.6 is 0 Å². The average Bonchev–Trinajstić information content (AvgIpc) is 2.48. The Balaban J connectivity index is 1.75. The Morgan fingerprint density at radius 2 is 1.62 bits per heavy atom. The SMILES string of the molecule is CC(C)(C)OC(=O)N1CCC(O)(CN2CCN(CCF)CC2)CC1. The number of ether oxygens (including phenoxy) is 1. The molecule has 0 atom stereocenters. The van der Waals surface area contributed by atoms with Crippen molar-refractivity contribution in [2.24, 2.45) is 0 Å². The van der Waals surface area contributed by atoms with Crippen molar-refractivity contribution >= 4 is 6.09 Å². The highest BCUT2D eigenvalue weighted by Crippen LogP contribution is 2.25. The third-order valence-electron chi connectivity index (χ3n) is 4.73. The molecule has 0 spiro atoms. The van der Waals surface area contributed by atoms with E-state index in [2.05, 4.69) is 9.80 Å². The van der Waals surface area contributed by atoms with Gasteiger partial charge < -0.3 is 14.7 Å². The number of likely N-dealkylation sites (tertiary alicyclic amines) is 1. The number of hydrogen-bond donors (Lipinski definition) is 1. The third-order valence-corrected chi connectivity index (χ3v) is 4.73. The number of alkyl halides is 1. The van der Waals surface area contributed by atoms with Crippen LogP contribution in [0.5, 0.6) is 0 Å². The molecule has 0 bridgehead atoms. The van der Waals surface area contributed by atoms with Crippen molar-refractivity contribution in [3.63, 3.8) is 0 Å². The highest BCUT2D eigenvalue weighted by atomic mass is 19.1. The molecule has 0 aromatic rings. The van der Waals surface area contributed by atoms with E-state index in [-0.39, 0.29) is 12.8 Å². The number of hydrogen-bond acceptors (Lipinski definition) is 5. The Morgan fingerprint density at radius 3 is 2.12 bits per heavy atom. The minimum Gasteiger partial charge on any atom is -0.444 e. The standard InChI is InChI=1S/C17H32FN3O3/c1-16(2,3)24-15(22)21-7-4-17(23,5-8-21)14-20-12-10-19(9-6-18)11-13-20/h23H,4-14H2,1-3H3. The summed E-state index contributed by atoms with van der Waals surface area (Å²) in [4.78, 5) is 18.1. The number of rotatable bonds is 4. The summed E-state index contributed by atoms with van der Waals surface area (Å²) in [6.07, 6.45) is 0.831. The van der Waals surface area contributed by atoms with Crippen molar-refractivity contribution in [1.29, 1.82) is 0 Å². The second kappa shape index (κ2) is 7.97. The van der Waals surface area contributed by atoms with E-state index in [1.807, 2.05) is 20.8 Å². The molecule has 2 fully saturated rings. The first-order valence-corrected chi connectivity index (χ1v) is 8.92. The average molecular weight is 345 g/mol. The number of piperidine rings is 1. The topological polar surface area (TPSA) is 56.2 Å². The van der Waals surface area contributed by atoms with Gasteiger partial charge in [0.25, 0.3) is 0 Å². The zero-order valence-corrected chi connectivity index (χ0v) is 15.3. The molecule has 7 heteroatoms. The molecular weight excluding hydrogens is 313 g/mol. The van der Waals surface area contributed by atoms with Crippen LogP contribution in [-0.2, 0) is 4.74 Å². The molecule has 1 amide bonds. The van der Waals surface area contributed by atoms with E-state index in [1.54, 1.807) is 4.90 Å². The Labute approximate surface area is 144 Å². The first-order valence-electron chi connectivity index (χ1n) is 8.92. The largest absolute Gasteiger partial charge is 0.444 e. The molecule has 0 aromatic heterocycles. The summed E-state index contributed by atoms with van der Waals surface area (Å²) in [5, 5.41) is 10.8. The molecule has 6 nitrogen and oxygen atoms in total. The van der Waals surface area contributed by atoms with Gasteiger partial charge in [-0.25, -0.2) is 9.18 Å². The first-order chi connectivity index (χ1) is 11.2. The van der Waals surface area contributed by atoms with E-state index in [0.717, 1.165) is 26.2 Å². The monoisotopic (exact) mass is 345 g/mol. The van der Waals surface area contributed by atoms with Crippen LogP contribution < -0.4 is 0 Å². The van der Waals surface area contributed by atoms with Crippen LogP contribution in [0.1, 0.15) is 33.6 Å². The zero-order valence-electron chi connectivity index (χ0n) is 15.3. The van der Waals surface area contributed by atoms with E-state index in [1.165, 1.54) is 0 Å². The molecule has 1 N–H and O–H groups in total. The van der Waals surface area contributed by atoms with Crippen molar-refractivity contribution in [3.05, 3.63) is 0 Å². The number of carbonyl (C=O) groups is 1. The lowest BCUT2D eigenvalue weighted by molar-refractivity contribution is -0.0560. The van der Waals surface area contributed by atoms with Crippen molar-refractivity contribution in [2.45, 2.75) is 44.8 Å². The van der Waals surface area contributed by atoms with Crippen molar-refractivity contribution < 1.29 is 19.0 Å². The van der Waals surface area contributed by atoms with Crippen molar-refractivity contribution in [2.75, 3.05) is 59.0 Å². The molecule has 2 heterocycles. The van der Waals surface area contributed by atoms with Gasteiger partial charge in [0.2, 0.25) is 0 Å². The van der Waals surface area contributed by atoms with Gasteiger partial charge in [-0.15, -0.1) is 0 Å². The molecule has 2 rings (SSSR count).